The summed E-state index contributed by atoms with van der Waals surface area (Å²) in [4.78, 5) is 15.8. The lowest BCUT2D eigenvalue weighted by Crippen LogP contribution is -2.22. The Morgan fingerprint density at radius 3 is 2.77 bits per heavy atom. The highest BCUT2D eigenvalue weighted by atomic mass is 15.3. The van der Waals surface area contributed by atoms with Crippen LogP contribution in [0.2, 0.25) is 0 Å². The van der Waals surface area contributed by atoms with Gasteiger partial charge in [0.2, 0.25) is 5.95 Å². The second-order valence-electron chi connectivity index (χ2n) is 6.70. The van der Waals surface area contributed by atoms with Crippen LogP contribution in [0.3, 0.4) is 0 Å². The lowest BCUT2D eigenvalue weighted by Gasteiger charge is -2.17. The molecule has 0 aliphatic carbocycles. The molecule has 3 heterocycles. The summed E-state index contributed by atoms with van der Waals surface area (Å²) < 4.78 is 2.17. The number of rotatable bonds is 3. The van der Waals surface area contributed by atoms with Crippen molar-refractivity contribution in [3.05, 3.63) is 73.4 Å². The average molecular weight is 341 g/mol. The molecule has 1 fully saturated rings. The van der Waals surface area contributed by atoms with E-state index in [0.717, 1.165) is 36.7 Å². The molecule has 2 aromatic heterocycles. The van der Waals surface area contributed by atoms with Crippen LogP contribution in [0.15, 0.2) is 73.4 Å². The van der Waals surface area contributed by atoms with Crippen LogP contribution in [0.4, 0.5) is 5.95 Å². The highest BCUT2D eigenvalue weighted by Crippen LogP contribution is 2.27. The molecule has 0 saturated carbocycles. The van der Waals surface area contributed by atoms with Crippen LogP contribution < -0.4 is 4.90 Å². The van der Waals surface area contributed by atoms with Crippen LogP contribution >= 0.6 is 0 Å². The number of nitrogens with zero attached hydrogens (tertiary/aromatic N) is 5. The number of hydrogen-bond acceptors (Lipinski definition) is 4. The molecule has 5 heteroatoms. The van der Waals surface area contributed by atoms with Gasteiger partial charge < -0.3 is 9.47 Å². The fourth-order valence-corrected chi connectivity index (χ4v) is 3.66. The highest BCUT2D eigenvalue weighted by Gasteiger charge is 2.25. The van der Waals surface area contributed by atoms with Crippen LogP contribution in [-0.4, -0.2) is 32.6 Å². The molecule has 1 aliphatic heterocycles. The number of fused-ring (bicyclic) bond motifs is 1. The summed E-state index contributed by atoms with van der Waals surface area (Å²) in [5.74, 6) is 0.804. The van der Waals surface area contributed by atoms with Gasteiger partial charge in [-0.1, -0.05) is 36.4 Å². The largest absolute Gasteiger partial charge is 0.339 e. The van der Waals surface area contributed by atoms with Gasteiger partial charge in [-0.2, -0.15) is 0 Å². The first-order valence-electron chi connectivity index (χ1n) is 8.91. The van der Waals surface area contributed by atoms with Crippen molar-refractivity contribution in [1.82, 2.24) is 19.5 Å². The first-order valence-corrected chi connectivity index (χ1v) is 8.91. The molecular formula is C21H19N5. The van der Waals surface area contributed by atoms with Gasteiger partial charge in [-0.25, -0.2) is 15.0 Å². The van der Waals surface area contributed by atoms with Gasteiger partial charge in [0.1, 0.15) is 0 Å². The quantitative estimate of drug-likeness (QED) is 0.566. The van der Waals surface area contributed by atoms with E-state index in [1.54, 1.807) is 0 Å². The molecule has 128 valence electrons. The number of imidazole rings is 1. The maximum atomic E-state index is 4.84. The molecule has 0 bridgehead atoms. The van der Waals surface area contributed by atoms with Gasteiger partial charge in [-0.15, -0.1) is 0 Å². The van der Waals surface area contributed by atoms with E-state index in [0.29, 0.717) is 6.04 Å². The van der Waals surface area contributed by atoms with Crippen molar-refractivity contribution in [3.8, 4) is 11.3 Å². The molecule has 0 radical (unpaired) electrons. The van der Waals surface area contributed by atoms with Crippen molar-refractivity contribution < 1.29 is 0 Å². The minimum absolute atomic E-state index is 0.436. The van der Waals surface area contributed by atoms with Crippen molar-refractivity contribution in [2.24, 2.45) is 0 Å². The Labute approximate surface area is 152 Å². The Bertz CT molecular complexity index is 1040. The molecule has 1 aliphatic rings. The summed E-state index contributed by atoms with van der Waals surface area (Å²) in [5, 5.41) is 2.47. The third-order valence-electron chi connectivity index (χ3n) is 5.08. The monoisotopic (exact) mass is 341 g/mol. The molecule has 0 amide bonds. The fourth-order valence-electron chi connectivity index (χ4n) is 3.66. The maximum Gasteiger partial charge on any atom is 0.225 e. The molecule has 0 spiro atoms. The van der Waals surface area contributed by atoms with E-state index in [1.165, 1.54) is 10.8 Å². The normalized spacial score (nSPS) is 17.1. The highest BCUT2D eigenvalue weighted by molar-refractivity contribution is 5.86. The van der Waals surface area contributed by atoms with Crippen LogP contribution in [0.1, 0.15) is 12.5 Å². The SMILES string of the molecule is c1ccc2cc(-c3ccnc(N4CC[C@H](n5ccnc5)C4)n3)ccc2c1. The van der Waals surface area contributed by atoms with Crippen molar-refractivity contribution in [3.63, 3.8) is 0 Å². The van der Waals surface area contributed by atoms with E-state index < -0.39 is 0 Å². The standard InChI is InChI=1S/C21H19N5/c1-2-4-17-13-18(6-5-16(17)3-1)20-7-9-23-21(24-20)25-11-8-19(14-25)26-12-10-22-15-26/h1-7,9-10,12-13,15,19H,8,11,14H2/t19-/m0/s1. The number of aromatic nitrogens is 4. The van der Waals surface area contributed by atoms with E-state index in [1.807, 2.05) is 31.0 Å². The Morgan fingerprint density at radius 2 is 1.88 bits per heavy atom. The summed E-state index contributed by atoms with van der Waals surface area (Å²) in [6.45, 7) is 1.88. The topological polar surface area (TPSA) is 46.8 Å². The van der Waals surface area contributed by atoms with E-state index in [2.05, 4.69) is 61.9 Å². The molecule has 5 nitrogen and oxygen atoms in total. The van der Waals surface area contributed by atoms with Crippen LogP contribution in [0, 0.1) is 0 Å². The zero-order chi connectivity index (χ0) is 17.3. The molecule has 0 N–H and O–H groups in total. The molecule has 26 heavy (non-hydrogen) atoms. The van der Waals surface area contributed by atoms with Crippen molar-refractivity contribution >= 4 is 16.7 Å². The van der Waals surface area contributed by atoms with E-state index in [4.69, 9.17) is 4.98 Å². The van der Waals surface area contributed by atoms with Gasteiger partial charge in [-0.3, -0.25) is 0 Å². The molecule has 1 atom stereocenters. The van der Waals surface area contributed by atoms with E-state index >= 15 is 0 Å². The molecular weight excluding hydrogens is 322 g/mol. The summed E-state index contributed by atoms with van der Waals surface area (Å²) in [6.07, 6.45) is 8.69. The molecule has 5 rings (SSSR count). The van der Waals surface area contributed by atoms with Gasteiger partial charge in [0.05, 0.1) is 18.1 Å². The predicted octanol–water partition coefficient (Wildman–Crippen LogP) is 3.94. The Morgan fingerprint density at radius 1 is 0.962 bits per heavy atom. The van der Waals surface area contributed by atoms with Crippen molar-refractivity contribution in [2.75, 3.05) is 18.0 Å². The number of benzene rings is 2. The fraction of sp³-hybridized carbons (Fsp3) is 0.190. The van der Waals surface area contributed by atoms with E-state index in [9.17, 15) is 0 Å². The van der Waals surface area contributed by atoms with Crippen molar-refractivity contribution in [2.45, 2.75) is 12.5 Å². The molecule has 4 aromatic rings. The molecule has 1 saturated heterocycles. The van der Waals surface area contributed by atoms with Gasteiger partial charge in [0.25, 0.3) is 0 Å². The van der Waals surface area contributed by atoms with Crippen LogP contribution in [0.5, 0.6) is 0 Å². The lowest BCUT2D eigenvalue weighted by atomic mass is 10.1. The third kappa shape index (κ3) is 2.71. The van der Waals surface area contributed by atoms with Gasteiger partial charge >= 0.3 is 0 Å². The second kappa shape index (κ2) is 6.26. The van der Waals surface area contributed by atoms with Crippen LogP contribution in [0.25, 0.3) is 22.0 Å². The maximum absolute atomic E-state index is 4.84. The first-order chi connectivity index (χ1) is 12.9. The summed E-state index contributed by atoms with van der Waals surface area (Å²) in [5.41, 5.74) is 2.09. The lowest BCUT2D eigenvalue weighted by molar-refractivity contribution is 0.551. The second-order valence-corrected chi connectivity index (χ2v) is 6.70. The number of hydrogen-bond donors (Lipinski definition) is 0. The predicted molar refractivity (Wildman–Crippen MR) is 103 cm³/mol. The smallest absolute Gasteiger partial charge is 0.225 e. The third-order valence-corrected chi connectivity index (χ3v) is 5.08. The zero-order valence-corrected chi connectivity index (χ0v) is 14.4. The van der Waals surface area contributed by atoms with Crippen LogP contribution in [-0.2, 0) is 0 Å². The van der Waals surface area contributed by atoms with E-state index in [-0.39, 0.29) is 0 Å². The number of anilines is 1. The minimum atomic E-state index is 0.436. The Hall–Kier alpha value is -3.21. The zero-order valence-electron chi connectivity index (χ0n) is 14.4. The van der Waals surface area contributed by atoms with Crippen molar-refractivity contribution in [1.29, 1.82) is 0 Å². The molecule has 0 unspecified atom stereocenters. The Balaban J connectivity index is 1.43. The minimum Gasteiger partial charge on any atom is -0.339 e. The summed E-state index contributed by atoms with van der Waals surface area (Å²) >= 11 is 0. The summed E-state index contributed by atoms with van der Waals surface area (Å²) in [7, 11) is 0. The first kappa shape index (κ1) is 15.1. The van der Waals surface area contributed by atoms with Gasteiger partial charge in [0.15, 0.2) is 0 Å². The summed E-state index contributed by atoms with van der Waals surface area (Å²) in [6, 6.07) is 17.3. The average Bonchev–Trinajstić information content (AvgIpc) is 3.39. The molecule has 2 aromatic carbocycles. The van der Waals surface area contributed by atoms with Gasteiger partial charge in [0, 0.05) is 37.2 Å². The van der Waals surface area contributed by atoms with Gasteiger partial charge in [-0.05, 0) is 29.3 Å². The Kier molecular flexibility index (Phi) is 3.63.